The Balaban J connectivity index is 1.37. The Morgan fingerprint density at radius 1 is 1.17 bits per heavy atom. The van der Waals surface area contributed by atoms with Crippen molar-refractivity contribution in [2.45, 2.75) is 52.7 Å². The largest absolute Gasteiger partial charge is 0.471 e. The quantitative estimate of drug-likeness (QED) is 0.656. The van der Waals surface area contributed by atoms with E-state index in [1.54, 1.807) is 18.2 Å². The number of hydrogen-bond donors (Lipinski definition) is 3. The average molecular weight is 442 g/mol. The zero-order chi connectivity index (χ0) is 20.6. The van der Waals surface area contributed by atoms with Gasteiger partial charge in [0.1, 0.15) is 0 Å². The number of alkyl halides is 3. The van der Waals surface area contributed by atoms with E-state index in [0.717, 1.165) is 17.1 Å². The molecule has 0 radical (unpaired) electrons. The number of hydrogen-bond acceptors (Lipinski definition) is 5. The number of fused-ring (bicyclic) bond motifs is 2. The van der Waals surface area contributed by atoms with Crippen LogP contribution in [0.15, 0.2) is 45.5 Å². The second-order valence-corrected chi connectivity index (χ2v) is 9.52. The topological polar surface area (TPSA) is 70.2 Å². The van der Waals surface area contributed by atoms with Gasteiger partial charge < -0.3 is 16.0 Å². The van der Waals surface area contributed by atoms with Crippen LogP contribution in [0.25, 0.3) is 0 Å². The van der Waals surface area contributed by atoms with Gasteiger partial charge in [-0.3, -0.25) is 9.59 Å². The number of halogens is 3. The Morgan fingerprint density at radius 3 is 2.69 bits per heavy atom. The van der Waals surface area contributed by atoms with Gasteiger partial charge in [-0.1, -0.05) is 17.8 Å². The summed E-state index contributed by atoms with van der Waals surface area (Å²) in [4.78, 5) is 24.9. The molecule has 2 aliphatic rings. The minimum Gasteiger partial charge on any atom is -0.347 e. The molecule has 3 N–H and O–H groups in total. The molecule has 5 nitrogen and oxygen atoms in total. The lowest BCUT2D eigenvalue weighted by Crippen LogP contribution is -2.42. The highest BCUT2D eigenvalue weighted by Gasteiger charge is 2.40. The second-order valence-electron chi connectivity index (χ2n) is 7.06. The first-order valence-corrected chi connectivity index (χ1v) is 10.7. The van der Waals surface area contributed by atoms with Crippen molar-refractivity contribution in [3.05, 3.63) is 41.3 Å². The Bertz CT molecular complexity index is 931. The van der Waals surface area contributed by atoms with E-state index in [9.17, 15) is 22.8 Å². The normalized spacial score (nSPS) is 23.2. The van der Waals surface area contributed by atoms with E-state index < -0.39 is 12.1 Å². The van der Waals surface area contributed by atoms with Crippen molar-refractivity contribution in [1.82, 2.24) is 10.6 Å². The van der Waals surface area contributed by atoms with E-state index >= 15 is 0 Å². The van der Waals surface area contributed by atoms with Crippen LogP contribution in [0.2, 0.25) is 0 Å². The minimum atomic E-state index is -4.94. The number of thiophene rings is 1. The van der Waals surface area contributed by atoms with Crippen molar-refractivity contribution in [2.24, 2.45) is 0 Å². The van der Waals surface area contributed by atoms with Gasteiger partial charge in [-0.05, 0) is 49.6 Å². The minimum absolute atomic E-state index is 0.0654. The maximum Gasteiger partial charge on any atom is 0.471 e. The summed E-state index contributed by atoms with van der Waals surface area (Å²) < 4.78 is 38.0. The summed E-state index contributed by atoms with van der Waals surface area (Å²) in [7, 11) is 0. The van der Waals surface area contributed by atoms with Gasteiger partial charge in [-0.15, -0.1) is 11.3 Å². The van der Waals surface area contributed by atoms with Gasteiger partial charge in [0.25, 0.3) is 5.91 Å². The zero-order valence-corrected chi connectivity index (χ0v) is 16.7. The summed E-state index contributed by atoms with van der Waals surface area (Å²) in [6.45, 7) is 0. The fraction of sp³-hybridized carbons (Fsp3) is 0.368. The first-order chi connectivity index (χ1) is 13.8. The molecule has 0 spiro atoms. The monoisotopic (exact) mass is 441 g/mol. The van der Waals surface area contributed by atoms with Crippen LogP contribution in [0.1, 0.15) is 28.9 Å². The van der Waals surface area contributed by atoms with Gasteiger partial charge in [0.15, 0.2) is 0 Å². The molecule has 0 unspecified atom stereocenters. The van der Waals surface area contributed by atoms with Gasteiger partial charge in [0.05, 0.1) is 9.09 Å². The molecule has 2 saturated heterocycles. The van der Waals surface area contributed by atoms with E-state index in [1.165, 1.54) is 41.7 Å². The van der Waals surface area contributed by atoms with E-state index in [1.807, 2.05) is 11.4 Å². The molecule has 4 rings (SSSR count). The van der Waals surface area contributed by atoms with Gasteiger partial charge in [0.2, 0.25) is 0 Å². The smallest absolute Gasteiger partial charge is 0.347 e. The molecule has 154 valence electrons. The molecule has 10 heteroatoms. The van der Waals surface area contributed by atoms with Crippen LogP contribution in [0.5, 0.6) is 0 Å². The van der Waals surface area contributed by atoms with Crippen LogP contribution >= 0.6 is 23.1 Å². The van der Waals surface area contributed by atoms with Crippen molar-refractivity contribution in [2.75, 3.05) is 5.32 Å². The molecule has 0 saturated carbocycles. The molecule has 2 fully saturated rings. The molecule has 2 amide bonds. The van der Waals surface area contributed by atoms with E-state index in [0.29, 0.717) is 21.9 Å². The third-order valence-corrected chi connectivity index (χ3v) is 7.20. The lowest BCUT2D eigenvalue weighted by atomic mass is 9.95. The van der Waals surface area contributed by atoms with Gasteiger partial charge in [-0.2, -0.15) is 13.2 Å². The summed E-state index contributed by atoms with van der Waals surface area (Å²) >= 11 is 2.65. The van der Waals surface area contributed by atoms with Gasteiger partial charge >= 0.3 is 12.1 Å². The van der Waals surface area contributed by atoms with Crippen LogP contribution < -0.4 is 16.0 Å². The number of amides is 2. The highest BCUT2D eigenvalue weighted by atomic mass is 32.2. The Labute approximate surface area is 173 Å². The number of nitrogens with one attached hydrogen (secondary N) is 3. The maximum absolute atomic E-state index is 12.5. The van der Waals surface area contributed by atoms with Crippen molar-refractivity contribution < 1.29 is 22.8 Å². The fourth-order valence-electron chi connectivity index (χ4n) is 3.68. The third kappa shape index (κ3) is 4.76. The Kier molecular flexibility index (Phi) is 5.58. The number of carbonyl (C=O) groups is 2. The molecule has 1 aromatic heterocycles. The van der Waals surface area contributed by atoms with Crippen molar-refractivity contribution in [3.8, 4) is 0 Å². The molecule has 0 aliphatic carbocycles. The fourth-order valence-corrected chi connectivity index (χ4v) is 5.74. The van der Waals surface area contributed by atoms with E-state index in [2.05, 4.69) is 10.6 Å². The summed E-state index contributed by atoms with van der Waals surface area (Å²) in [5.74, 6) is -2.11. The molecule has 3 atom stereocenters. The molecule has 3 heterocycles. The predicted molar refractivity (Wildman–Crippen MR) is 105 cm³/mol. The van der Waals surface area contributed by atoms with Crippen LogP contribution in [-0.2, 0) is 4.79 Å². The SMILES string of the molecule is O=C(N[C@@H]1C[C@H]2CC[C@@H]1N2)c1ccc(Sc2cccc(NC(=O)C(F)(F)F)c2)s1. The van der Waals surface area contributed by atoms with Gasteiger partial charge in [-0.25, -0.2) is 0 Å². The number of carbonyl (C=O) groups excluding carboxylic acids is 2. The van der Waals surface area contributed by atoms with E-state index in [-0.39, 0.29) is 17.6 Å². The highest BCUT2D eigenvalue weighted by molar-refractivity contribution is 8.01. The molecular weight excluding hydrogens is 423 g/mol. The maximum atomic E-state index is 12.5. The zero-order valence-electron chi connectivity index (χ0n) is 15.1. The van der Waals surface area contributed by atoms with E-state index in [4.69, 9.17) is 0 Å². The lowest BCUT2D eigenvalue weighted by Gasteiger charge is -2.20. The summed E-state index contributed by atoms with van der Waals surface area (Å²) in [6, 6.07) is 10.7. The average Bonchev–Trinajstić information content (AvgIpc) is 3.38. The van der Waals surface area contributed by atoms with Crippen molar-refractivity contribution in [3.63, 3.8) is 0 Å². The molecular formula is C19H18F3N3O2S2. The summed E-state index contributed by atoms with van der Waals surface area (Å²) in [5, 5.41) is 8.42. The molecule has 1 aromatic carbocycles. The predicted octanol–water partition coefficient (Wildman–Crippen LogP) is 4.02. The number of benzene rings is 1. The Hall–Kier alpha value is -2.04. The van der Waals surface area contributed by atoms with Crippen molar-refractivity contribution >= 4 is 40.6 Å². The van der Waals surface area contributed by atoms with Crippen LogP contribution in [-0.4, -0.2) is 36.1 Å². The molecule has 2 aromatic rings. The number of anilines is 1. The summed E-state index contributed by atoms with van der Waals surface area (Å²) in [6.07, 6.45) is -1.73. The highest BCUT2D eigenvalue weighted by Crippen LogP contribution is 2.35. The summed E-state index contributed by atoms with van der Waals surface area (Å²) in [5.41, 5.74) is 0.0654. The standard InChI is InChI=1S/C19H18F3N3O2S2/c20-19(21,22)18(27)24-10-2-1-3-12(8-10)28-16-7-6-15(29-16)17(26)25-14-9-11-4-5-13(14)23-11/h1-3,6-8,11,13-14,23H,4-5,9H2,(H,24,27)(H,25,26)/t11-,13+,14-/m1/s1. The van der Waals surface area contributed by atoms with Crippen LogP contribution in [0.4, 0.5) is 18.9 Å². The molecule has 2 bridgehead atoms. The molecule has 2 aliphatic heterocycles. The number of rotatable bonds is 5. The Morgan fingerprint density at radius 2 is 2.00 bits per heavy atom. The first-order valence-electron chi connectivity index (χ1n) is 9.11. The van der Waals surface area contributed by atoms with Gasteiger partial charge in [0, 0.05) is 28.7 Å². The lowest BCUT2D eigenvalue weighted by molar-refractivity contribution is -0.167. The first kappa shape index (κ1) is 20.2. The molecule has 29 heavy (non-hydrogen) atoms. The van der Waals surface area contributed by atoms with Crippen molar-refractivity contribution in [1.29, 1.82) is 0 Å². The second kappa shape index (κ2) is 8.00. The van der Waals surface area contributed by atoms with Crippen LogP contribution in [0.3, 0.4) is 0 Å². The third-order valence-electron chi connectivity index (χ3n) is 4.99. The van der Waals surface area contributed by atoms with Crippen LogP contribution in [0, 0.1) is 0 Å².